The lowest BCUT2D eigenvalue weighted by molar-refractivity contribution is -0.137. The van der Waals surface area contributed by atoms with Crippen LogP contribution in [-0.4, -0.2) is 19.7 Å². The van der Waals surface area contributed by atoms with Gasteiger partial charge >= 0.3 is 5.97 Å². The lowest BCUT2D eigenvalue weighted by Gasteiger charge is -2.01. The van der Waals surface area contributed by atoms with E-state index in [-0.39, 0.29) is 5.97 Å². The van der Waals surface area contributed by atoms with Crippen LogP contribution in [0.5, 0.6) is 5.75 Å². The van der Waals surface area contributed by atoms with Crippen LogP contribution in [0.25, 0.3) is 6.08 Å². The van der Waals surface area contributed by atoms with Crippen molar-refractivity contribution in [2.24, 2.45) is 0 Å². The summed E-state index contributed by atoms with van der Waals surface area (Å²) in [5, 5.41) is 0. The van der Waals surface area contributed by atoms with Gasteiger partial charge in [-0.05, 0) is 30.2 Å². The maximum atomic E-state index is 11.4. The van der Waals surface area contributed by atoms with Gasteiger partial charge in [0.15, 0.2) is 0 Å². The minimum absolute atomic E-state index is 0.290. The predicted molar refractivity (Wildman–Crippen MR) is 72.5 cm³/mol. The first-order chi connectivity index (χ1) is 8.76. The molecule has 0 N–H and O–H groups in total. The van der Waals surface area contributed by atoms with Gasteiger partial charge in [-0.25, -0.2) is 4.79 Å². The average molecular weight is 248 g/mol. The topological polar surface area (TPSA) is 35.5 Å². The van der Waals surface area contributed by atoms with Gasteiger partial charge in [0.2, 0.25) is 0 Å². The third-order valence-electron chi connectivity index (χ3n) is 2.52. The van der Waals surface area contributed by atoms with Crippen LogP contribution in [0.15, 0.2) is 30.3 Å². The molecule has 0 atom stereocenters. The van der Waals surface area contributed by atoms with Crippen LogP contribution in [0.4, 0.5) is 0 Å². The van der Waals surface area contributed by atoms with Gasteiger partial charge in [0.1, 0.15) is 5.75 Å². The molecular formula is C15H20O3. The summed E-state index contributed by atoms with van der Waals surface area (Å²) in [7, 11) is 1.62. The number of rotatable bonds is 7. The van der Waals surface area contributed by atoms with Gasteiger partial charge in [-0.15, -0.1) is 0 Å². The molecule has 0 saturated carbocycles. The Bertz CT molecular complexity index is 379. The van der Waals surface area contributed by atoms with E-state index in [1.807, 2.05) is 24.3 Å². The summed E-state index contributed by atoms with van der Waals surface area (Å²) in [5.74, 6) is 0.510. The number of carbonyl (C=O) groups excluding carboxylic acids is 1. The van der Waals surface area contributed by atoms with Crippen LogP contribution in [0.1, 0.15) is 31.7 Å². The number of hydrogen-bond donors (Lipinski definition) is 0. The highest BCUT2D eigenvalue weighted by atomic mass is 16.5. The van der Waals surface area contributed by atoms with Crippen LogP contribution in [-0.2, 0) is 9.53 Å². The third kappa shape index (κ3) is 5.53. The van der Waals surface area contributed by atoms with Gasteiger partial charge in [0, 0.05) is 6.08 Å². The maximum Gasteiger partial charge on any atom is 0.330 e. The van der Waals surface area contributed by atoms with Crippen molar-refractivity contribution in [3.8, 4) is 5.75 Å². The van der Waals surface area contributed by atoms with Crippen molar-refractivity contribution in [3.63, 3.8) is 0 Å². The Morgan fingerprint density at radius 2 is 1.94 bits per heavy atom. The lowest BCUT2D eigenvalue weighted by atomic mass is 10.2. The molecule has 98 valence electrons. The molecule has 0 aromatic heterocycles. The van der Waals surface area contributed by atoms with Gasteiger partial charge in [-0.1, -0.05) is 31.9 Å². The van der Waals surface area contributed by atoms with Crippen molar-refractivity contribution in [2.75, 3.05) is 13.7 Å². The van der Waals surface area contributed by atoms with Crippen molar-refractivity contribution in [2.45, 2.75) is 26.2 Å². The second kappa shape index (κ2) is 8.34. The third-order valence-corrected chi connectivity index (χ3v) is 2.52. The smallest absolute Gasteiger partial charge is 0.330 e. The van der Waals surface area contributed by atoms with Crippen molar-refractivity contribution >= 4 is 12.0 Å². The molecule has 0 bridgehead atoms. The second-order valence-corrected chi connectivity index (χ2v) is 3.98. The molecule has 3 nitrogen and oxygen atoms in total. The number of esters is 1. The standard InChI is InChI=1S/C15H20O3/c1-3-4-5-12-18-15(16)11-8-13-6-9-14(17-2)10-7-13/h6-11H,3-5,12H2,1-2H3. The molecule has 0 heterocycles. The summed E-state index contributed by atoms with van der Waals surface area (Å²) in [6.45, 7) is 2.62. The molecule has 0 fully saturated rings. The van der Waals surface area contributed by atoms with Crippen LogP contribution in [0.2, 0.25) is 0 Å². The summed E-state index contributed by atoms with van der Waals surface area (Å²) >= 11 is 0. The van der Waals surface area contributed by atoms with E-state index in [0.29, 0.717) is 6.61 Å². The van der Waals surface area contributed by atoms with Crippen LogP contribution in [0, 0.1) is 0 Å². The summed E-state index contributed by atoms with van der Waals surface area (Å²) in [6, 6.07) is 7.48. The van der Waals surface area contributed by atoms with Crippen molar-refractivity contribution in [3.05, 3.63) is 35.9 Å². The Kier molecular flexibility index (Phi) is 6.62. The predicted octanol–water partition coefficient (Wildman–Crippen LogP) is 3.44. The van der Waals surface area contributed by atoms with E-state index < -0.39 is 0 Å². The summed E-state index contributed by atoms with van der Waals surface area (Å²) < 4.78 is 10.1. The van der Waals surface area contributed by atoms with Gasteiger partial charge in [0.05, 0.1) is 13.7 Å². The van der Waals surface area contributed by atoms with E-state index in [1.165, 1.54) is 6.08 Å². The number of carbonyl (C=O) groups is 1. The summed E-state index contributed by atoms with van der Waals surface area (Å²) in [6.07, 6.45) is 6.34. The monoisotopic (exact) mass is 248 g/mol. The summed E-state index contributed by atoms with van der Waals surface area (Å²) in [4.78, 5) is 11.4. The Morgan fingerprint density at radius 1 is 1.22 bits per heavy atom. The van der Waals surface area contributed by atoms with E-state index in [4.69, 9.17) is 9.47 Å². The highest BCUT2D eigenvalue weighted by Crippen LogP contribution is 2.12. The minimum atomic E-state index is -0.290. The Labute approximate surface area is 108 Å². The Hall–Kier alpha value is -1.77. The molecule has 0 aliphatic heterocycles. The average Bonchev–Trinajstić information content (AvgIpc) is 2.42. The lowest BCUT2D eigenvalue weighted by Crippen LogP contribution is -2.01. The largest absolute Gasteiger partial charge is 0.497 e. The molecule has 1 aromatic carbocycles. The molecule has 1 aromatic rings. The zero-order valence-electron chi connectivity index (χ0n) is 11.0. The maximum absolute atomic E-state index is 11.4. The molecule has 0 radical (unpaired) electrons. The first-order valence-electron chi connectivity index (χ1n) is 6.25. The Balaban J connectivity index is 2.35. The number of unbranched alkanes of at least 4 members (excludes halogenated alkanes) is 2. The zero-order chi connectivity index (χ0) is 13.2. The Morgan fingerprint density at radius 3 is 2.56 bits per heavy atom. The van der Waals surface area contributed by atoms with Gasteiger partial charge in [-0.3, -0.25) is 0 Å². The SMILES string of the molecule is CCCCCOC(=O)C=Cc1ccc(OC)cc1. The van der Waals surface area contributed by atoms with Crippen molar-refractivity contribution < 1.29 is 14.3 Å². The fraction of sp³-hybridized carbons (Fsp3) is 0.400. The molecular weight excluding hydrogens is 228 g/mol. The first kappa shape index (κ1) is 14.3. The van der Waals surface area contributed by atoms with E-state index in [1.54, 1.807) is 13.2 Å². The zero-order valence-corrected chi connectivity index (χ0v) is 11.0. The van der Waals surface area contributed by atoms with Crippen LogP contribution in [0.3, 0.4) is 0 Å². The summed E-state index contributed by atoms with van der Waals surface area (Å²) in [5.41, 5.74) is 0.946. The minimum Gasteiger partial charge on any atom is -0.497 e. The van der Waals surface area contributed by atoms with E-state index in [9.17, 15) is 4.79 Å². The van der Waals surface area contributed by atoms with E-state index in [2.05, 4.69) is 6.92 Å². The second-order valence-electron chi connectivity index (χ2n) is 3.98. The highest BCUT2D eigenvalue weighted by Gasteiger charge is 1.96. The quantitative estimate of drug-likeness (QED) is 0.421. The first-order valence-corrected chi connectivity index (χ1v) is 6.25. The van der Waals surface area contributed by atoms with E-state index in [0.717, 1.165) is 30.6 Å². The molecule has 1 rings (SSSR count). The number of ether oxygens (including phenoxy) is 2. The molecule has 0 amide bonds. The number of hydrogen-bond acceptors (Lipinski definition) is 3. The normalized spacial score (nSPS) is 10.6. The van der Waals surface area contributed by atoms with E-state index >= 15 is 0 Å². The molecule has 0 aliphatic rings. The molecule has 0 spiro atoms. The van der Waals surface area contributed by atoms with Crippen LogP contribution >= 0.6 is 0 Å². The van der Waals surface area contributed by atoms with Crippen molar-refractivity contribution in [1.82, 2.24) is 0 Å². The van der Waals surface area contributed by atoms with Gasteiger partial charge in [0.25, 0.3) is 0 Å². The molecule has 0 unspecified atom stereocenters. The highest BCUT2D eigenvalue weighted by molar-refractivity contribution is 5.87. The fourth-order valence-corrected chi connectivity index (χ4v) is 1.45. The number of benzene rings is 1. The molecule has 0 saturated heterocycles. The van der Waals surface area contributed by atoms with Crippen LogP contribution < -0.4 is 4.74 Å². The van der Waals surface area contributed by atoms with Gasteiger partial charge < -0.3 is 9.47 Å². The number of methoxy groups -OCH3 is 1. The van der Waals surface area contributed by atoms with Gasteiger partial charge in [-0.2, -0.15) is 0 Å². The molecule has 18 heavy (non-hydrogen) atoms. The molecule has 3 heteroatoms. The van der Waals surface area contributed by atoms with Crippen molar-refractivity contribution in [1.29, 1.82) is 0 Å². The molecule has 0 aliphatic carbocycles. The fourth-order valence-electron chi connectivity index (χ4n) is 1.45.